The molecule has 0 saturated heterocycles. The van der Waals surface area contributed by atoms with Crippen molar-refractivity contribution in [2.24, 2.45) is 0 Å². The van der Waals surface area contributed by atoms with Crippen LogP contribution in [0.2, 0.25) is 4.63 Å². The zero-order valence-corrected chi connectivity index (χ0v) is 5.54. The fraction of sp³-hybridized carbons (Fsp3) is 0.333. The van der Waals surface area contributed by atoms with Crippen LogP contribution in [0.4, 0.5) is 0 Å². The van der Waals surface area contributed by atoms with Crippen molar-refractivity contribution in [2.45, 2.75) is 4.63 Å². The first-order valence-corrected chi connectivity index (χ1v) is 3.25. The molecule has 0 aromatic heterocycles. The van der Waals surface area contributed by atoms with E-state index >= 15 is 0 Å². The minimum atomic E-state index is -1.86. The fourth-order valence-corrected chi connectivity index (χ4v) is 0.477. The summed E-state index contributed by atoms with van der Waals surface area (Å²) in [5.74, 6) is -3.09. The van der Waals surface area contributed by atoms with Crippen molar-refractivity contribution < 1.29 is 39.7 Å². The summed E-state index contributed by atoms with van der Waals surface area (Å²) in [4.78, 5) is 19.6. The number of aliphatic carboxylic acids is 2. The molecule has 0 fully saturated rings. The summed E-state index contributed by atoms with van der Waals surface area (Å²) in [6, 6.07) is 0. The Hall–Kier alpha value is -0.676. The van der Waals surface area contributed by atoms with Crippen LogP contribution in [-0.2, 0) is 29.5 Å². The van der Waals surface area contributed by atoms with Gasteiger partial charge in [0.25, 0.3) is 0 Å². The Morgan fingerprint density at radius 2 is 1.56 bits per heavy atom. The van der Waals surface area contributed by atoms with Gasteiger partial charge in [-0.25, -0.2) is 0 Å². The molecule has 0 bridgehead atoms. The predicted molar refractivity (Wildman–Crippen MR) is 19.7 cm³/mol. The van der Waals surface area contributed by atoms with E-state index in [2.05, 4.69) is 0 Å². The molecule has 0 atom stereocenters. The van der Waals surface area contributed by atoms with Crippen molar-refractivity contribution in [1.82, 2.24) is 0 Å². The molecule has 50 valence electrons. The number of rotatable bonds is 3. The van der Waals surface area contributed by atoms with E-state index in [-0.39, 0.29) is 0 Å². The Labute approximate surface area is 57.0 Å². The quantitative estimate of drug-likeness (QED) is 0.550. The monoisotopic (exact) mass is 170 g/mol. The van der Waals surface area contributed by atoms with Crippen LogP contribution in [0.3, 0.4) is 0 Å². The summed E-state index contributed by atoms with van der Waals surface area (Å²) in [6.45, 7) is 0. The Kier molecular flexibility index (Phi) is 3.12. The van der Waals surface area contributed by atoms with Crippen LogP contribution in [0.1, 0.15) is 0 Å². The summed E-state index contributed by atoms with van der Waals surface area (Å²) in [7, 11) is 0. The third-order valence-corrected chi connectivity index (χ3v) is 1.59. The maximum atomic E-state index is 9.85. The molecule has 5 nitrogen and oxygen atoms in total. The molecular weight excluding hydrogens is 167 g/mol. The average Bonchev–Trinajstić information content (AvgIpc) is 1.64. The van der Waals surface area contributed by atoms with Gasteiger partial charge in [-0.3, -0.25) is 0 Å². The number of carboxylic acids is 2. The van der Waals surface area contributed by atoms with E-state index in [1.54, 1.807) is 0 Å². The predicted octanol–water partition coefficient (Wildman–Crippen LogP) is -0.628. The van der Waals surface area contributed by atoms with Crippen molar-refractivity contribution in [1.29, 1.82) is 0 Å². The maximum absolute atomic E-state index is 9.85. The van der Waals surface area contributed by atoms with Crippen LogP contribution in [-0.4, -0.2) is 22.2 Å². The molecule has 0 amide bonds. The van der Waals surface area contributed by atoms with Gasteiger partial charge in [0, 0.05) is 0 Å². The zero-order valence-electron chi connectivity index (χ0n) is 4.14. The van der Waals surface area contributed by atoms with E-state index in [9.17, 15) is 13.3 Å². The number of hydrogen-bond donors (Lipinski definition) is 2. The van der Waals surface area contributed by atoms with Crippen molar-refractivity contribution >= 4 is 11.9 Å². The molecule has 0 unspecified atom stereocenters. The normalized spacial score (nSPS) is 9.00. The molecule has 6 heteroatoms. The first-order valence-electron chi connectivity index (χ1n) is 1.87. The topological polar surface area (TPSA) is 91.7 Å². The van der Waals surface area contributed by atoms with Gasteiger partial charge in [0.2, 0.25) is 0 Å². The van der Waals surface area contributed by atoms with E-state index < -0.39 is 32.8 Å². The van der Waals surface area contributed by atoms with E-state index in [1.807, 2.05) is 0 Å². The van der Waals surface area contributed by atoms with Gasteiger partial charge in [-0.1, -0.05) is 0 Å². The van der Waals surface area contributed by atoms with Gasteiger partial charge in [-0.15, -0.1) is 0 Å². The molecule has 0 rings (SSSR count). The van der Waals surface area contributed by atoms with E-state index in [0.29, 0.717) is 0 Å². The van der Waals surface area contributed by atoms with Crippen molar-refractivity contribution in [3.8, 4) is 0 Å². The average molecular weight is 170 g/mol. The zero-order chi connectivity index (χ0) is 7.44. The molecule has 0 aromatic rings. The van der Waals surface area contributed by atoms with Gasteiger partial charge in [-0.2, -0.15) is 0 Å². The van der Waals surface area contributed by atoms with Crippen LogP contribution in [0.15, 0.2) is 0 Å². The molecule has 0 aliphatic carbocycles. The van der Waals surface area contributed by atoms with E-state index in [1.165, 1.54) is 0 Å². The summed E-state index contributed by atoms with van der Waals surface area (Å²) >= 11 is -1.86. The van der Waals surface area contributed by atoms with Crippen LogP contribution < -0.4 is 0 Å². The van der Waals surface area contributed by atoms with Gasteiger partial charge in [-0.05, 0) is 0 Å². The van der Waals surface area contributed by atoms with Gasteiger partial charge in [0.15, 0.2) is 0 Å². The molecule has 0 saturated carbocycles. The van der Waals surface area contributed by atoms with Gasteiger partial charge in [0.1, 0.15) is 0 Å². The molecule has 0 aliphatic rings. The second-order valence-corrected chi connectivity index (χ2v) is 2.32. The number of carboxylic acid groups (broad SMARTS) is 2. The molecule has 0 radical (unpaired) electrons. The number of hydrogen-bond acceptors (Lipinski definition) is 3. The van der Waals surface area contributed by atoms with E-state index in [0.717, 1.165) is 0 Å². The van der Waals surface area contributed by atoms with Crippen LogP contribution >= 0.6 is 0 Å². The van der Waals surface area contributed by atoms with Crippen molar-refractivity contribution in [3.63, 3.8) is 0 Å². The fourth-order valence-electron chi connectivity index (χ4n) is 0.196. The Morgan fingerprint density at radius 3 is 1.56 bits per heavy atom. The molecular formula is C3H3O5V. The Morgan fingerprint density at radius 1 is 1.22 bits per heavy atom. The second-order valence-electron chi connectivity index (χ2n) is 1.18. The van der Waals surface area contributed by atoms with Crippen LogP contribution in [0.5, 0.6) is 0 Å². The first kappa shape index (κ1) is 8.32. The van der Waals surface area contributed by atoms with Gasteiger partial charge in [0.05, 0.1) is 0 Å². The molecule has 0 aromatic carbocycles. The SMILES string of the molecule is [O]=[V][CH](C(=O)O)C(=O)O. The standard InChI is InChI=1S/C3H3O4.O.V/c4-2(5)1-3(6)7;;/h1H,(H,4,5)(H,6,7);;. The third kappa shape index (κ3) is 2.39. The summed E-state index contributed by atoms with van der Waals surface area (Å²) < 4.78 is 8.14. The second kappa shape index (κ2) is 3.37. The molecule has 0 aliphatic heterocycles. The summed E-state index contributed by atoms with van der Waals surface area (Å²) in [5.41, 5.74) is 0. The molecule has 2 N–H and O–H groups in total. The molecule has 0 spiro atoms. The van der Waals surface area contributed by atoms with Crippen LogP contribution in [0, 0.1) is 0 Å². The molecule has 0 heterocycles. The third-order valence-electron chi connectivity index (χ3n) is 0.573. The molecule has 9 heavy (non-hydrogen) atoms. The van der Waals surface area contributed by atoms with Gasteiger partial charge >= 0.3 is 56.3 Å². The van der Waals surface area contributed by atoms with E-state index in [4.69, 9.17) is 10.2 Å². The van der Waals surface area contributed by atoms with Gasteiger partial charge < -0.3 is 0 Å². The summed E-state index contributed by atoms with van der Waals surface area (Å²) in [6.07, 6.45) is 0. The summed E-state index contributed by atoms with van der Waals surface area (Å²) in [5, 5.41) is 16.0. The Balaban J connectivity index is 4.16. The van der Waals surface area contributed by atoms with Crippen LogP contribution in [0.25, 0.3) is 0 Å². The minimum absolute atomic E-state index is 1.54. The van der Waals surface area contributed by atoms with Crippen molar-refractivity contribution in [2.75, 3.05) is 0 Å². The van der Waals surface area contributed by atoms with Crippen molar-refractivity contribution in [3.05, 3.63) is 0 Å². The Bertz CT molecular complexity index is 138. The first-order chi connectivity index (χ1) is 4.09. The number of carbonyl (C=O) groups is 2.